The number of amides is 1. The van der Waals surface area contributed by atoms with Gasteiger partial charge in [0.15, 0.2) is 9.84 Å². The van der Waals surface area contributed by atoms with Crippen LogP contribution in [0.25, 0.3) is 0 Å². The third-order valence-corrected chi connectivity index (χ3v) is 5.66. The van der Waals surface area contributed by atoms with Crippen molar-refractivity contribution in [1.29, 1.82) is 0 Å². The summed E-state index contributed by atoms with van der Waals surface area (Å²) < 4.78 is 23.4. The number of anilines is 1. The standard InChI is InChI=1S/C16H26N2O3S/c1-4-18(13(3)12-22(20,21)5-2)16(19)11-10-14-8-6-7-9-15(14)17/h6-9,13H,4-5,10-12,17H2,1-3H3. The van der Waals surface area contributed by atoms with Crippen molar-refractivity contribution in [3.05, 3.63) is 29.8 Å². The molecule has 2 N–H and O–H groups in total. The molecule has 0 aliphatic rings. The molecule has 0 spiro atoms. The van der Waals surface area contributed by atoms with Gasteiger partial charge in [-0.15, -0.1) is 0 Å². The molecule has 0 bridgehead atoms. The van der Waals surface area contributed by atoms with Crippen LogP contribution in [0.3, 0.4) is 0 Å². The van der Waals surface area contributed by atoms with Crippen LogP contribution < -0.4 is 5.73 Å². The van der Waals surface area contributed by atoms with Crippen molar-refractivity contribution in [1.82, 2.24) is 4.90 Å². The number of hydrogen-bond acceptors (Lipinski definition) is 4. The lowest BCUT2D eigenvalue weighted by Gasteiger charge is -2.28. The first-order chi connectivity index (χ1) is 10.3. The fourth-order valence-electron chi connectivity index (χ4n) is 2.46. The maximum absolute atomic E-state index is 12.4. The van der Waals surface area contributed by atoms with Crippen molar-refractivity contribution in [2.45, 2.75) is 39.7 Å². The molecular formula is C16H26N2O3S. The molecule has 1 amide bonds. The van der Waals surface area contributed by atoms with Crippen LogP contribution in [0.15, 0.2) is 24.3 Å². The van der Waals surface area contributed by atoms with Crippen molar-refractivity contribution in [3.63, 3.8) is 0 Å². The monoisotopic (exact) mass is 326 g/mol. The first kappa shape index (κ1) is 18.5. The summed E-state index contributed by atoms with van der Waals surface area (Å²) in [5.41, 5.74) is 7.50. The highest BCUT2D eigenvalue weighted by Gasteiger charge is 2.23. The number of nitrogen functional groups attached to an aromatic ring is 1. The summed E-state index contributed by atoms with van der Waals surface area (Å²) >= 11 is 0. The van der Waals surface area contributed by atoms with E-state index < -0.39 is 9.84 Å². The molecule has 1 aromatic rings. The van der Waals surface area contributed by atoms with Crippen molar-refractivity contribution >= 4 is 21.4 Å². The molecule has 22 heavy (non-hydrogen) atoms. The Morgan fingerprint density at radius 2 is 1.91 bits per heavy atom. The van der Waals surface area contributed by atoms with E-state index in [2.05, 4.69) is 0 Å². The fourth-order valence-corrected chi connectivity index (χ4v) is 3.61. The lowest BCUT2D eigenvalue weighted by molar-refractivity contribution is -0.132. The molecule has 0 radical (unpaired) electrons. The van der Waals surface area contributed by atoms with Gasteiger partial charge in [0.25, 0.3) is 0 Å². The summed E-state index contributed by atoms with van der Waals surface area (Å²) in [6.07, 6.45) is 0.897. The second-order valence-corrected chi connectivity index (χ2v) is 7.82. The molecule has 1 atom stereocenters. The van der Waals surface area contributed by atoms with E-state index in [-0.39, 0.29) is 23.5 Å². The Morgan fingerprint density at radius 3 is 2.45 bits per heavy atom. The third-order valence-electron chi connectivity index (χ3n) is 3.79. The van der Waals surface area contributed by atoms with Gasteiger partial charge < -0.3 is 10.6 Å². The van der Waals surface area contributed by atoms with Crippen LogP contribution in [0, 0.1) is 0 Å². The molecule has 5 nitrogen and oxygen atoms in total. The smallest absolute Gasteiger partial charge is 0.223 e. The number of sulfone groups is 1. The van der Waals surface area contributed by atoms with Crippen LogP contribution in [0.4, 0.5) is 5.69 Å². The van der Waals surface area contributed by atoms with E-state index in [1.54, 1.807) is 18.7 Å². The number of carbonyl (C=O) groups excluding carboxylic acids is 1. The molecular weight excluding hydrogens is 300 g/mol. The quantitative estimate of drug-likeness (QED) is 0.740. The second kappa shape index (κ2) is 8.17. The van der Waals surface area contributed by atoms with E-state index in [4.69, 9.17) is 5.73 Å². The molecule has 0 fully saturated rings. The molecule has 0 saturated carbocycles. The number of nitrogens with two attached hydrogens (primary N) is 1. The zero-order chi connectivity index (χ0) is 16.8. The first-order valence-electron chi connectivity index (χ1n) is 7.64. The lowest BCUT2D eigenvalue weighted by Crippen LogP contribution is -2.42. The van der Waals surface area contributed by atoms with Crippen molar-refractivity contribution in [3.8, 4) is 0 Å². The van der Waals surface area contributed by atoms with Crippen LogP contribution in [0.2, 0.25) is 0 Å². The van der Waals surface area contributed by atoms with Crippen molar-refractivity contribution in [2.24, 2.45) is 0 Å². The van der Waals surface area contributed by atoms with Gasteiger partial charge >= 0.3 is 0 Å². The number of rotatable bonds is 8. The predicted octanol–water partition coefficient (Wildman–Crippen LogP) is 1.87. The molecule has 0 heterocycles. The van der Waals surface area contributed by atoms with Crippen LogP contribution in [-0.2, 0) is 21.1 Å². The Hall–Kier alpha value is -1.56. The number of benzene rings is 1. The number of aryl methyl sites for hydroxylation is 1. The average Bonchev–Trinajstić information content (AvgIpc) is 2.46. The number of carbonyl (C=O) groups is 1. The Bertz CT molecular complexity index is 599. The molecule has 0 aliphatic heterocycles. The normalized spacial score (nSPS) is 12.9. The molecule has 124 valence electrons. The van der Waals surface area contributed by atoms with Crippen LogP contribution in [0.1, 0.15) is 32.8 Å². The molecule has 0 aromatic heterocycles. The molecule has 0 aliphatic carbocycles. The lowest BCUT2D eigenvalue weighted by atomic mass is 10.1. The Morgan fingerprint density at radius 1 is 1.27 bits per heavy atom. The van der Waals surface area contributed by atoms with Crippen LogP contribution in [0.5, 0.6) is 0 Å². The summed E-state index contributed by atoms with van der Waals surface area (Å²) in [5, 5.41) is 0. The van der Waals surface area contributed by atoms with Gasteiger partial charge in [-0.25, -0.2) is 8.42 Å². The summed E-state index contributed by atoms with van der Waals surface area (Å²) in [6, 6.07) is 7.16. The van der Waals surface area contributed by atoms with Crippen molar-refractivity contribution < 1.29 is 13.2 Å². The third kappa shape index (κ3) is 5.33. The van der Waals surface area contributed by atoms with Crippen molar-refractivity contribution in [2.75, 3.05) is 23.8 Å². The van der Waals surface area contributed by atoms with E-state index in [1.807, 2.05) is 31.2 Å². The summed E-state index contributed by atoms with van der Waals surface area (Å²) in [6.45, 7) is 5.77. The largest absolute Gasteiger partial charge is 0.399 e. The highest BCUT2D eigenvalue weighted by Crippen LogP contribution is 2.14. The van der Waals surface area contributed by atoms with Gasteiger partial charge in [-0.2, -0.15) is 0 Å². The van der Waals surface area contributed by atoms with Gasteiger partial charge in [0.1, 0.15) is 0 Å². The van der Waals surface area contributed by atoms with E-state index >= 15 is 0 Å². The van der Waals surface area contributed by atoms with E-state index in [9.17, 15) is 13.2 Å². The van der Waals surface area contributed by atoms with Gasteiger partial charge in [-0.05, 0) is 31.9 Å². The average molecular weight is 326 g/mol. The van der Waals surface area contributed by atoms with Crippen LogP contribution >= 0.6 is 0 Å². The Labute approximate surface area is 133 Å². The van der Waals surface area contributed by atoms with Crippen LogP contribution in [-0.4, -0.2) is 43.3 Å². The highest BCUT2D eigenvalue weighted by molar-refractivity contribution is 7.91. The zero-order valence-corrected chi connectivity index (χ0v) is 14.4. The minimum Gasteiger partial charge on any atom is -0.399 e. The fraction of sp³-hybridized carbons (Fsp3) is 0.562. The Balaban J connectivity index is 2.67. The summed E-state index contributed by atoms with van der Waals surface area (Å²) in [7, 11) is -3.10. The predicted molar refractivity (Wildman–Crippen MR) is 90.4 cm³/mol. The minimum atomic E-state index is -3.10. The topological polar surface area (TPSA) is 80.5 Å². The molecule has 1 rings (SSSR count). The maximum atomic E-state index is 12.4. The molecule has 6 heteroatoms. The SMILES string of the molecule is CCN(C(=O)CCc1ccccc1N)C(C)CS(=O)(=O)CC. The van der Waals surface area contributed by atoms with Gasteiger partial charge in [0.05, 0.1) is 5.75 Å². The first-order valence-corrected chi connectivity index (χ1v) is 9.46. The van der Waals surface area contributed by atoms with Gasteiger partial charge in [-0.1, -0.05) is 25.1 Å². The van der Waals surface area contributed by atoms with Gasteiger partial charge in [0, 0.05) is 30.4 Å². The molecule has 1 aromatic carbocycles. The van der Waals surface area contributed by atoms with Gasteiger partial charge in [0.2, 0.25) is 5.91 Å². The number of para-hydroxylation sites is 1. The Kier molecular flexibility index (Phi) is 6.87. The summed E-state index contributed by atoms with van der Waals surface area (Å²) in [4.78, 5) is 14.0. The summed E-state index contributed by atoms with van der Waals surface area (Å²) in [5.74, 6) is 0.0739. The van der Waals surface area contributed by atoms with E-state index in [0.717, 1.165) is 5.56 Å². The molecule has 0 saturated heterocycles. The second-order valence-electron chi connectivity index (χ2n) is 5.43. The number of nitrogens with zero attached hydrogens (tertiary/aromatic N) is 1. The zero-order valence-electron chi connectivity index (χ0n) is 13.6. The highest BCUT2D eigenvalue weighted by atomic mass is 32.2. The maximum Gasteiger partial charge on any atom is 0.223 e. The number of hydrogen-bond donors (Lipinski definition) is 1. The minimum absolute atomic E-state index is 0.0105. The molecule has 1 unspecified atom stereocenters. The van der Waals surface area contributed by atoms with E-state index in [1.165, 1.54) is 0 Å². The van der Waals surface area contributed by atoms with Gasteiger partial charge in [-0.3, -0.25) is 4.79 Å². The van der Waals surface area contributed by atoms with E-state index in [0.29, 0.717) is 25.1 Å².